The molecule has 2 heterocycles. The summed E-state index contributed by atoms with van der Waals surface area (Å²) in [6, 6.07) is 0. The smallest absolute Gasteiger partial charge is 0.0693 e. The van der Waals surface area contributed by atoms with Crippen molar-refractivity contribution in [1.82, 2.24) is 4.90 Å². The molecule has 4 nitrogen and oxygen atoms in total. The van der Waals surface area contributed by atoms with Gasteiger partial charge in [0, 0.05) is 26.3 Å². The standard InChI is InChI=1S/C13H26N2O2/c1-11-2-5-15(8-12(11)16)10-13(9-14)3-6-17-7-4-13/h11-12,16H,2-10,14H2,1H3. The third-order valence-corrected chi connectivity index (χ3v) is 4.55. The highest BCUT2D eigenvalue weighted by Gasteiger charge is 2.35. The normalized spacial score (nSPS) is 34.8. The fourth-order valence-corrected chi connectivity index (χ4v) is 2.96. The van der Waals surface area contributed by atoms with Gasteiger partial charge in [-0.15, -0.1) is 0 Å². The van der Waals surface area contributed by atoms with E-state index >= 15 is 0 Å². The topological polar surface area (TPSA) is 58.7 Å². The van der Waals surface area contributed by atoms with Gasteiger partial charge in [-0.05, 0) is 43.7 Å². The van der Waals surface area contributed by atoms with E-state index in [0.717, 1.165) is 58.7 Å². The fourth-order valence-electron chi connectivity index (χ4n) is 2.96. The van der Waals surface area contributed by atoms with E-state index in [1.54, 1.807) is 0 Å². The zero-order valence-corrected chi connectivity index (χ0v) is 10.9. The molecule has 0 aromatic rings. The lowest BCUT2D eigenvalue weighted by atomic mass is 9.79. The molecule has 2 unspecified atom stereocenters. The summed E-state index contributed by atoms with van der Waals surface area (Å²) in [5, 5.41) is 9.94. The molecule has 0 aromatic carbocycles. The molecule has 3 N–H and O–H groups in total. The molecule has 2 saturated heterocycles. The van der Waals surface area contributed by atoms with Crippen molar-refractivity contribution < 1.29 is 9.84 Å². The Balaban J connectivity index is 1.90. The van der Waals surface area contributed by atoms with Crippen LogP contribution in [0.1, 0.15) is 26.2 Å². The minimum absolute atomic E-state index is 0.168. The molecule has 2 aliphatic rings. The van der Waals surface area contributed by atoms with Crippen molar-refractivity contribution in [3.63, 3.8) is 0 Å². The van der Waals surface area contributed by atoms with E-state index in [2.05, 4.69) is 11.8 Å². The number of β-amino-alcohol motifs (C(OH)–C–C–N with tert-alkyl or cyclic N) is 1. The van der Waals surface area contributed by atoms with Gasteiger partial charge in [0.2, 0.25) is 0 Å². The number of nitrogens with two attached hydrogens (primary N) is 1. The average Bonchev–Trinajstić information content (AvgIpc) is 2.35. The minimum Gasteiger partial charge on any atom is -0.392 e. The average molecular weight is 242 g/mol. The lowest BCUT2D eigenvalue weighted by Gasteiger charge is -2.43. The van der Waals surface area contributed by atoms with Gasteiger partial charge in [-0.1, -0.05) is 6.92 Å². The molecule has 4 heteroatoms. The summed E-state index contributed by atoms with van der Waals surface area (Å²) in [4.78, 5) is 2.39. The number of aliphatic hydroxyl groups excluding tert-OH is 1. The molecule has 0 saturated carbocycles. The van der Waals surface area contributed by atoms with Crippen LogP contribution < -0.4 is 5.73 Å². The van der Waals surface area contributed by atoms with Crippen LogP contribution in [0.2, 0.25) is 0 Å². The van der Waals surface area contributed by atoms with Gasteiger partial charge in [0.1, 0.15) is 0 Å². The van der Waals surface area contributed by atoms with E-state index in [-0.39, 0.29) is 11.5 Å². The minimum atomic E-state index is -0.168. The predicted octanol–water partition coefficient (Wildman–Crippen LogP) is 0.445. The first-order valence-corrected chi connectivity index (χ1v) is 6.83. The van der Waals surface area contributed by atoms with E-state index in [9.17, 15) is 5.11 Å². The summed E-state index contributed by atoms with van der Waals surface area (Å²) in [5.74, 6) is 0.440. The van der Waals surface area contributed by atoms with Gasteiger partial charge >= 0.3 is 0 Å². The lowest BCUT2D eigenvalue weighted by molar-refractivity contribution is -0.0276. The Bertz CT molecular complexity index is 242. The second-order valence-electron chi connectivity index (χ2n) is 5.88. The Labute approximate surface area is 104 Å². The van der Waals surface area contributed by atoms with Gasteiger partial charge in [0.25, 0.3) is 0 Å². The summed E-state index contributed by atoms with van der Waals surface area (Å²) in [5.41, 5.74) is 6.19. The number of ether oxygens (including phenoxy) is 1. The molecule has 17 heavy (non-hydrogen) atoms. The Morgan fingerprint density at radius 2 is 2.12 bits per heavy atom. The zero-order chi connectivity index (χ0) is 12.3. The van der Waals surface area contributed by atoms with Gasteiger partial charge in [-0.3, -0.25) is 0 Å². The first-order chi connectivity index (χ1) is 8.15. The molecule has 2 rings (SSSR count). The molecule has 2 aliphatic heterocycles. The predicted molar refractivity (Wildman–Crippen MR) is 67.8 cm³/mol. The molecule has 0 spiro atoms. The summed E-state index contributed by atoms with van der Waals surface area (Å²) >= 11 is 0. The molecule has 0 radical (unpaired) electrons. The maximum atomic E-state index is 9.94. The van der Waals surface area contributed by atoms with Crippen molar-refractivity contribution in [1.29, 1.82) is 0 Å². The zero-order valence-electron chi connectivity index (χ0n) is 10.9. The number of hydrogen-bond acceptors (Lipinski definition) is 4. The van der Waals surface area contributed by atoms with Crippen LogP contribution in [0.5, 0.6) is 0 Å². The molecule has 0 amide bonds. The van der Waals surface area contributed by atoms with E-state index in [0.29, 0.717) is 5.92 Å². The molecular formula is C13H26N2O2. The third-order valence-electron chi connectivity index (χ3n) is 4.55. The van der Waals surface area contributed by atoms with Crippen molar-refractivity contribution in [3.05, 3.63) is 0 Å². The van der Waals surface area contributed by atoms with Crippen molar-refractivity contribution in [3.8, 4) is 0 Å². The summed E-state index contributed by atoms with van der Waals surface area (Å²) < 4.78 is 5.43. The van der Waals surface area contributed by atoms with Gasteiger partial charge in [0.15, 0.2) is 0 Å². The van der Waals surface area contributed by atoms with Crippen molar-refractivity contribution in [2.45, 2.75) is 32.3 Å². The van der Waals surface area contributed by atoms with Crippen LogP contribution in [0.3, 0.4) is 0 Å². The Morgan fingerprint density at radius 3 is 2.71 bits per heavy atom. The van der Waals surface area contributed by atoms with E-state index < -0.39 is 0 Å². The van der Waals surface area contributed by atoms with Crippen LogP contribution in [0, 0.1) is 11.3 Å². The Morgan fingerprint density at radius 1 is 1.41 bits per heavy atom. The van der Waals surface area contributed by atoms with Crippen LogP contribution in [0.15, 0.2) is 0 Å². The van der Waals surface area contributed by atoms with Crippen LogP contribution in [-0.4, -0.2) is 55.5 Å². The first-order valence-electron chi connectivity index (χ1n) is 6.83. The summed E-state index contributed by atoms with van der Waals surface area (Å²) in [6.07, 6.45) is 3.05. The highest BCUT2D eigenvalue weighted by molar-refractivity contribution is 4.88. The number of likely N-dealkylation sites (tertiary alicyclic amines) is 1. The Kier molecular flexibility index (Phi) is 4.42. The second-order valence-corrected chi connectivity index (χ2v) is 5.88. The molecule has 2 fully saturated rings. The molecule has 0 aromatic heterocycles. The maximum absolute atomic E-state index is 9.94. The molecule has 100 valence electrons. The second kappa shape index (κ2) is 5.65. The number of rotatable bonds is 3. The van der Waals surface area contributed by atoms with Gasteiger partial charge in [-0.2, -0.15) is 0 Å². The summed E-state index contributed by atoms with van der Waals surface area (Å²) in [6.45, 7) is 7.48. The van der Waals surface area contributed by atoms with Crippen LogP contribution in [-0.2, 0) is 4.74 Å². The SMILES string of the molecule is CC1CCN(CC2(CN)CCOCC2)CC1O. The van der Waals surface area contributed by atoms with Gasteiger partial charge in [0.05, 0.1) is 6.10 Å². The van der Waals surface area contributed by atoms with E-state index in [4.69, 9.17) is 10.5 Å². The van der Waals surface area contributed by atoms with Gasteiger partial charge in [-0.25, -0.2) is 0 Å². The van der Waals surface area contributed by atoms with Crippen LogP contribution >= 0.6 is 0 Å². The lowest BCUT2D eigenvalue weighted by Crippen LogP contribution is -2.51. The van der Waals surface area contributed by atoms with E-state index in [1.165, 1.54) is 0 Å². The number of hydrogen-bond donors (Lipinski definition) is 2. The van der Waals surface area contributed by atoms with Crippen molar-refractivity contribution in [2.75, 3.05) is 39.4 Å². The fraction of sp³-hybridized carbons (Fsp3) is 1.00. The van der Waals surface area contributed by atoms with Crippen molar-refractivity contribution >= 4 is 0 Å². The number of piperidine rings is 1. The monoisotopic (exact) mass is 242 g/mol. The van der Waals surface area contributed by atoms with Crippen LogP contribution in [0.25, 0.3) is 0 Å². The first kappa shape index (κ1) is 13.3. The molecule has 0 bridgehead atoms. The molecule has 0 aliphatic carbocycles. The summed E-state index contributed by atoms with van der Waals surface area (Å²) in [7, 11) is 0. The molecule has 2 atom stereocenters. The largest absolute Gasteiger partial charge is 0.392 e. The van der Waals surface area contributed by atoms with E-state index in [1.807, 2.05) is 0 Å². The maximum Gasteiger partial charge on any atom is 0.0693 e. The van der Waals surface area contributed by atoms with Crippen LogP contribution in [0.4, 0.5) is 0 Å². The Hall–Kier alpha value is -0.160. The highest BCUT2D eigenvalue weighted by Crippen LogP contribution is 2.31. The quantitative estimate of drug-likeness (QED) is 0.754. The third kappa shape index (κ3) is 3.19. The highest BCUT2D eigenvalue weighted by atomic mass is 16.5. The van der Waals surface area contributed by atoms with Gasteiger partial charge < -0.3 is 20.5 Å². The number of nitrogens with zero attached hydrogens (tertiary/aromatic N) is 1. The molecular weight excluding hydrogens is 216 g/mol. The van der Waals surface area contributed by atoms with Crippen molar-refractivity contribution in [2.24, 2.45) is 17.1 Å². The number of aliphatic hydroxyl groups is 1.